The normalized spacial score (nSPS) is 11.6. The Labute approximate surface area is 117 Å². The molecule has 3 heteroatoms. The van der Waals surface area contributed by atoms with Crippen molar-refractivity contribution in [1.29, 1.82) is 5.26 Å². The number of carbonyl (C=O) groups excluding carboxylic acids is 1. The Hall–Kier alpha value is -2.11. The van der Waals surface area contributed by atoms with E-state index >= 15 is 0 Å². The molecule has 0 aliphatic rings. The highest BCUT2D eigenvalue weighted by molar-refractivity contribution is 6.30. The van der Waals surface area contributed by atoms with Gasteiger partial charge in [0.05, 0.1) is 6.07 Å². The smallest absolute Gasteiger partial charge is 0.158 e. The summed E-state index contributed by atoms with van der Waals surface area (Å²) in [6, 6.07) is 18.3. The minimum atomic E-state index is -0.738. The molecule has 2 aromatic rings. The quantitative estimate of drug-likeness (QED) is 0.848. The molecule has 19 heavy (non-hydrogen) atoms. The Balaban J connectivity index is 2.16. The van der Waals surface area contributed by atoms with Gasteiger partial charge in [0.25, 0.3) is 0 Å². The van der Waals surface area contributed by atoms with Crippen molar-refractivity contribution >= 4 is 17.4 Å². The third kappa shape index (κ3) is 3.43. The van der Waals surface area contributed by atoms with E-state index in [0.29, 0.717) is 10.6 Å². The summed E-state index contributed by atoms with van der Waals surface area (Å²) < 4.78 is 0. The summed E-state index contributed by atoms with van der Waals surface area (Å²) in [7, 11) is 0. The Kier molecular flexibility index (Phi) is 4.33. The third-order valence-electron chi connectivity index (χ3n) is 2.88. The van der Waals surface area contributed by atoms with Crippen LogP contribution in [0.25, 0.3) is 0 Å². The summed E-state index contributed by atoms with van der Waals surface area (Å²) in [5, 5.41) is 9.79. The molecule has 94 valence electrons. The molecule has 0 aliphatic carbocycles. The maximum atomic E-state index is 12.2. The lowest BCUT2D eigenvalue weighted by Crippen LogP contribution is -2.13. The lowest BCUT2D eigenvalue weighted by atomic mass is 9.92. The van der Waals surface area contributed by atoms with Crippen molar-refractivity contribution in [3.63, 3.8) is 0 Å². The summed E-state index contributed by atoms with van der Waals surface area (Å²) in [5.74, 6) is -0.839. The second-order valence-electron chi connectivity index (χ2n) is 4.24. The molecule has 0 saturated carbocycles. The highest BCUT2D eigenvalue weighted by atomic mass is 35.5. The van der Waals surface area contributed by atoms with Gasteiger partial charge in [0.15, 0.2) is 5.78 Å². The number of hydrogen-bond acceptors (Lipinski definition) is 2. The molecule has 1 atom stereocenters. The van der Waals surface area contributed by atoms with Crippen molar-refractivity contribution in [3.8, 4) is 6.07 Å². The van der Waals surface area contributed by atoms with Crippen LogP contribution in [0.3, 0.4) is 0 Å². The molecule has 0 saturated heterocycles. The lowest BCUT2D eigenvalue weighted by Gasteiger charge is -2.08. The molecule has 0 amide bonds. The van der Waals surface area contributed by atoms with Crippen molar-refractivity contribution in [2.24, 2.45) is 0 Å². The van der Waals surface area contributed by atoms with Gasteiger partial charge in [-0.25, -0.2) is 0 Å². The van der Waals surface area contributed by atoms with Gasteiger partial charge in [-0.2, -0.15) is 5.26 Å². The monoisotopic (exact) mass is 269 g/mol. The lowest BCUT2D eigenvalue weighted by molar-refractivity contribution is -0.118. The fourth-order valence-corrected chi connectivity index (χ4v) is 2.01. The number of nitrogens with zero attached hydrogens (tertiary/aromatic N) is 1. The van der Waals surface area contributed by atoms with Crippen LogP contribution in [0.1, 0.15) is 17.0 Å². The maximum Gasteiger partial charge on any atom is 0.158 e. The van der Waals surface area contributed by atoms with Crippen molar-refractivity contribution < 1.29 is 4.79 Å². The Morgan fingerprint density at radius 1 is 1.11 bits per heavy atom. The summed E-state index contributed by atoms with van der Waals surface area (Å²) in [6.45, 7) is 0. The molecule has 2 aromatic carbocycles. The average molecular weight is 270 g/mol. The minimum Gasteiger partial charge on any atom is -0.297 e. The largest absolute Gasteiger partial charge is 0.297 e. The topological polar surface area (TPSA) is 40.9 Å². The Morgan fingerprint density at radius 2 is 1.74 bits per heavy atom. The molecule has 0 fully saturated rings. The van der Waals surface area contributed by atoms with E-state index in [2.05, 4.69) is 6.07 Å². The van der Waals surface area contributed by atoms with E-state index in [1.54, 1.807) is 24.3 Å². The summed E-state index contributed by atoms with van der Waals surface area (Å²) in [4.78, 5) is 12.2. The SMILES string of the molecule is N#CC(C(=O)Cc1ccccc1)c1ccc(Cl)cc1. The minimum absolute atomic E-state index is 0.101. The van der Waals surface area contributed by atoms with Crippen LogP contribution in [0.2, 0.25) is 5.02 Å². The summed E-state index contributed by atoms with van der Waals surface area (Å²) in [6.07, 6.45) is 0.266. The summed E-state index contributed by atoms with van der Waals surface area (Å²) >= 11 is 5.80. The molecular weight excluding hydrogens is 258 g/mol. The third-order valence-corrected chi connectivity index (χ3v) is 3.13. The molecule has 2 rings (SSSR count). The van der Waals surface area contributed by atoms with Crippen molar-refractivity contribution in [2.75, 3.05) is 0 Å². The highest BCUT2D eigenvalue weighted by Gasteiger charge is 2.20. The molecule has 0 aromatic heterocycles. The maximum absolute atomic E-state index is 12.2. The van der Waals surface area contributed by atoms with Gasteiger partial charge in [-0.1, -0.05) is 54.1 Å². The number of rotatable bonds is 4. The first-order valence-electron chi connectivity index (χ1n) is 5.92. The molecule has 1 unspecified atom stereocenters. The van der Waals surface area contributed by atoms with Crippen LogP contribution in [-0.2, 0) is 11.2 Å². The molecule has 0 aliphatic heterocycles. The molecular formula is C16H12ClNO. The Morgan fingerprint density at radius 3 is 2.32 bits per heavy atom. The zero-order valence-electron chi connectivity index (χ0n) is 10.2. The van der Waals surface area contributed by atoms with Gasteiger partial charge in [-0.15, -0.1) is 0 Å². The number of hydrogen-bond donors (Lipinski definition) is 0. The van der Waals surface area contributed by atoms with Gasteiger partial charge < -0.3 is 0 Å². The second-order valence-corrected chi connectivity index (χ2v) is 4.68. The van der Waals surface area contributed by atoms with Crippen molar-refractivity contribution in [2.45, 2.75) is 12.3 Å². The zero-order chi connectivity index (χ0) is 13.7. The standard InChI is InChI=1S/C16H12ClNO/c17-14-8-6-13(7-9-14)15(11-18)16(19)10-12-4-2-1-3-5-12/h1-9,15H,10H2. The first-order valence-corrected chi connectivity index (χ1v) is 6.30. The Bertz CT molecular complexity index is 599. The van der Waals surface area contributed by atoms with Crippen molar-refractivity contribution in [1.82, 2.24) is 0 Å². The van der Waals surface area contributed by atoms with E-state index in [1.807, 2.05) is 30.3 Å². The molecule has 0 spiro atoms. The van der Waals surface area contributed by atoms with Gasteiger partial charge in [0.1, 0.15) is 5.92 Å². The van der Waals surface area contributed by atoms with E-state index in [0.717, 1.165) is 5.56 Å². The van der Waals surface area contributed by atoms with E-state index < -0.39 is 5.92 Å². The van der Waals surface area contributed by atoms with Crippen LogP contribution in [0.5, 0.6) is 0 Å². The zero-order valence-corrected chi connectivity index (χ0v) is 11.0. The van der Waals surface area contributed by atoms with E-state index in [-0.39, 0.29) is 12.2 Å². The number of benzene rings is 2. The van der Waals surface area contributed by atoms with Crippen LogP contribution in [-0.4, -0.2) is 5.78 Å². The van der Waals surface area contributed by atoms with Crippen LogP contribution in [0.4, 0.5) is 0 Å². The van der Waals surface area contributed by atoms with Crippen LogP contribution >= 0.6 is 11.6 Å². The predicted molar refractivity (Wildman–Crippen MR) is 75.0 cm³/mol. The molecule has 2 nitrogen and oxygen atoms in total. The fraction of sp³-hybridized carbons (Fsp3) is 0.125. The number of ketones is 1. The molecule has 0 N–H and O–H groups in total. The van der Waals surface area contributed by atoms with Crippen LogP contribution in [0.15, 0.2) is 54.6 Å². The number of nitriles is 1. The average Bonchev–Trinajstić information content (AvgIpc) is 2.43. The first kappa shape index (κ1) is 13.3. The molecule has 0 radical (unpaired) electrons. The first-order chi connectivity index (χ1) is 9.20. The van der Waals surface area contributed by atoms with Gasteiger partial charge in [0, 0.05) is 11.4 Å². The van der Waals surface area contributed by atoms with Gasteiger partial charge in [0.2, 0.25) is 0 Å². The number of Topliss-reactive ketones (excluding diaryl/α,β-unsaturated/α-hetero) is 1. The van der Waals surface area contributed by atoms with E-state index in [1.165, 1.54) is 0 Å². The second kappa shape index (κ2) is 6.17. The highest BCUT2D eigenvalue weighted by Crippen LogP contribution is 2.20. The number of carbonyl (C=O) groups is 1. The molecule has 0 bridgehead atoms. The van der Waals surface area contributed by atoms with E-state index in [9.17, 15) is 10.1 Å². The van der Waals surface area contributed by atoms with Crippen molar-refractivity contribution in [3.05, 3.63) is 70.7 Å². The van der Waals surface area contributed by atoms with E-state index in [4.69, 9.17) is 11.6 Å². The van der Waals surface area contributed by atoms with Crippen LogP contribution < -0.4 is 0 Å². The fourth-order valence-electron chi connectivity index (χ4n) is 1.89. The number of halogens is 1. The van der Waals surface area contributed by atoms with Crippen LogP contribution in [0, 0.1) is 11.3 Å². The van der Waals surface area contributed by atoms with Gasteiger partial charge in [-0.3, -0.25) is 4.79 Å². The van der Waals surface area contributed by atoms with Gasteiger partial charge >= 0.3 is 0 Å². The predicted octanol–water partition coefficient (Wildman–Crippen LogP) is 3.76. The van der Waals surface area contributed by atoms with Gasteiger partial charge in [-0.05, 0) is 23.3 Å². The summed E-state index contributed by atoms with van der Waals surface area (Å²) in [5.41, 5.74) is 1.61. The molecule has 0 heterocycles.